The normalized spacial score (nSPS) is 13.9. The van der Waals surface area contributed by atoms with Crippen LogP contribution in [-0.4, -0.2) is 6.16 Å². The summed E-state index contributed by atoms with van der Waals surface area (Å²) in [6, 6.07) is 13.2. The number of rotatable bonds is 3. The second-order valence-corrected chi connectivity index (χ2v) is 6.67. The molecule has 0 aromatic heterocycles. The number of fused-ring (bicyclic) bond motifs is 1. The number of hydrogen-bond donors (Lipinski definition) is 0. The van der Waals surface area contributed by atoms with Crippen LogP contribution in [0.3, 0.4) is 0 Å². The molecule has 0 nitrogen and oxygen atoms in total. The predicted octanol–water partition coefficient (Wildman–Crippen LogP) is -1.66. The zero-order valence-corrected chi connectivity index (χ0v) is 14.6. The average molecular weight is 367 g/mol. The Bertz CT molecular complexity index is 601. The van der Waals surface area contributed by atoms with E-state index in [4.69, 9.17) is 0 Å². The SMILES string of the molecule is CCP(C1=[C-]CC=C1)[c-]1ccc2ccccc21.[F-].[F-].[Zr+4]. The number of hydrogen-bond acceptors (Lipinski definition) is 0. The van der Waals surface area contributed by atoms with Gasteiger partial charge >= 0.3 is 26.2 Å². The molecule has 0 bridgehead atoms. The zero-order chi connectivity index (χ0) is 11.7. The van der Waals surface area contributed by atoms with Gasteiger partial charge in [0.15, 0.2) is 0 Å². The van der Waals surface area contributed by atoms with Crippen molar-refractivity contribution in [1.29, 1.82) is 0 Å². The summed E-state index contributed by atoms with van der Waals surface area (Å²) in [7, 11) is -0.199. The molecule has 1 aliphatic carbocycles. The summed E-state index contributed by atoms with van der Waals surface area (Å²) >= 11 is 0. The summed E-state index contributed by atoms with van der Waals surface area (Å²) in [5.74, 6) is 0. The van der Waals surface area contributed by atoms with E-state index in [1.54, 1.807) is 0 Å². The molecule has 0 saturated heterocycles. The molecule has 0 aliphatic heterocycles. The number of benzene rings is 1. The van der Waals surface area contributed by atoms with Crippen LogP contribution in [0.5, 0.6) is 0 Å². The van der Waals surface area contributed by atoms with E-state index in [1.165, 1.54) is 27.6 Å². The topological polar surface area (TPSA) is 0 Å². The van der Waals surface area contributed by atoms with E-state index in [9.17, 15) is 0 Å². The van der Waals surface area contributed by atoms with Gasteiger partial charge in [-0.1, -0.05) is 13.0 Å². The van der Waals surface area contributed by atoms with Gasteiger partial charge in [0, 0.05) is 0 Å². The fourth-order valence-electron chi connectivity index (χ4n) is 2.42. The molecule has 0 fully saturated rings. The Kier molecular flexibility index (Phi) is 8.47. The second-order valence-electron chi connectivity index (χ2n) is 4.22. The molecule has 1 aliphatic rings. The van der Waals surface area contributed by atoms with Crippen LogP contribution in [0.15, 0.2) is 53.9 Å². The van der Waals surface area contributed by atoms with Crippen molar-refractivity contribution in [2.75, 3.05) is 6.16 Å². The predicted molar refractivity (Wildman–Crippen MR) is 77.1 cm³/mol. The van der Waals surface area contributed by atoms with Gasteiger partial charge in [-0.25, -0.2) is 11.4 Å². The Hall–Kier alpha value is -0.517. The van der Waals surface area contributed by atoms with Gasteiger partial charge in [-0.05, 0) is 6.16 Å². The van der Waals surface area contributed by atoms with E-state index in [2.05, 4.69) is 61.5 Å². The quantitative estimate of drug-likeness (QED) is 0.450. The van der Waals surface area contributed by atoms with Crippen molar-refractivity contribution in [3.8, 4) is 0 Å². The molecule has 0 N–H and O–H groups in total. The van der Waals surface area contributed by atoms with Crippen LogP contribution in [0.2, 0.25) is 0 Å². The van der Waals surface area contributed by atoms with E-state index < -0.39 is 0 Å². The van der Waals surface area contributed by atoms with E-state index in [0.717, 1.165) is 6.42 Å². The summed E-state index contributed by atoms with van der Waals surface area (Å²) in [6.45, 7) is 2.29. The molecule has 20 heavy (non-hydrogen) atoms. The van der Waals surface area contributed by atoms with Gasteiger partial charge < -0.3 is 9.41 Å². The summed E-state index contributed by atoms with van der Waals surface area (Å²) in [5.41, 5.74) is 0. The van der Waals surface area contributed by atoms with Crippen LogP contribution in [-0.2, 0) is 26.2 Å². The summed E-state index contributed by atoms with van der Waals surface area (Å²) in [5, 5.41) is 5.74. The average Bonchev–Trinajstić information content (AvgIpc) is 3.01. The van der Waals surface area contributed by atoms with E-state index in [-0.39, 0.29) is 43.5 Å². The first kappa shape index (κ1) is 19.5. The van der Waals surface area contributed by atoms with Crippen molar-refractivity contribution in [3.05, 3.63) is 59.9 Å². The summed E-state index contributed by atoms with van der Waals surface area (Å²) < 4.78 is 0. The summed E-state index contributed by atoms with van der Waals surface area (Å²) in [6.07, 6.45) is 10.2. The minimum Gasteiger partial charge on any atom is -1.00 e. The monoisotopic (exact) mass is 366 g/mol. The first-order valence-corrected chi connectivity index (χ1v) is 7.62. The standard InChI is InChI=1S/C16H15P.2FH.Zr/c1-2-17(14-8-4-5-9-14)16-12-11-13-7-3-6-10-15(13)16;;;/h3-4,6-8,10-12H,2,5H2,1H3;2*1H;/q-2;;;+4/p-2. The van der Waals surface area contributed by atoms with Crippen LogP contribution in [0.25, 0.3) is 10.8 Å². The first-order valence-electron chi connectivity index (χ1n) is 6.09. The largest absolute Gasteiger partial charge is 4.00 e. The second kappa shape index (κ2) is 8.70. The van der Waals surface area contributed by atoms with Crippen LogP contribution in [0, 0.1) is 6.08 Å². The van der Waals surface area contributed by atoms with Gasteiger partial charge in [0.05, 0.1) is 0 Å². The van der Waals surface area contributed by atoms with Crippen LogP contribution < -0.4 is 14.7 Å². The van der Waals surface area contributed by atoms with Crippen molar-refractivity contribution in [2.24, 2.45) is 0 Å². The van der Waals surface area contributed by atoms with Crippen molar-refractivity contribution in [2.45, 2.75) is 13.3 Å². The molecule has 102 valence electrons. The van der Waals surface area contributed by atoms with Gasteiger partial charge in [-0.15, -0.1) is 54.7 Å². The molecular formula is C16H15F2PZr. The Morgan fingerprint density at radius 3 is 2.60 bits per heavy atom. The smallest absolute Gasteiger partial charge is 1.00 e. The van der Waals surface area contributed by atoms with Gasteiger partial charge in [0.2, 0.25) is 0 Å². The third-order valence-electron chi connectivity index (χ3n) is 3.23. The number of allylic oxidation sites excluding steroid dienone is 4. The van der Waals surface area contributed by atoms with Gasteiger partial charge in [0.1, 0.15) is 0 Å². The molecular weight excluding hydrogens is 352 g/mol. The summed E-state index contributed by atoms with van der Waals surface area (Å²) in [4.78, 5) is 0. The van der Waals surface area contributed by atoms with Crippen LogP contribution in [0.4, 0.5) is 0 Å². The van der Waals surface area contributed by atoms with Crippen molar-refractivity contribution in [3.63, 3.8) is 0 Å². The van der Waals surface area contributed by atoms with Gasteiger partial charge in [-0.2, -0.15) is 12.1 Å². The van der Waals surface area contributed by atoms with Crippen molar-refractivity contribution < 1.29 is 35.6 Å². The van der Waals surface area contributed by atoms with Crippen LogP contribution >= 0.6 is 7.92 Å². The molecule has 2 aromatic rings. The Morgan fingerprint density at radius 1 is 1.20 bits per heavy atom. The molecule has 1 unspecified atom stereocenters. The minimum atomic E-state index is -0.199. The van der Waals surface area contributed by atoms with Gasteiger partial charge in [0.25, 0.3) is 0 Å². The molecule has 0 amide bonds. The zero-order valence-electron chi connectivity index (χ0n) is 11.2. The third kappa shape index (κ3) is 3.57. The molecule has 2 aromatic carbocycles. The maximum Gasteiger partial charge on any atom is 4.00 e. The molecule has 0 heterocycles. The Labute approximate surface area is 138 Å². The third-order valence-corrected chi connectivity index (χ3v) is 5.72. The molecule has 1 atom stereocenters. The Balaban J connectivity index is 0.00000120. The maximum atomic E-state index is 3.49. The van der Waals surface area contributed by atoms with E-state index >= 15 is 0 Å². The fraction of sp³-hybridized carbons (Fsp3) is 0.188. The minimum absolute atomic E-state index is 0. The molecule has 0 radical (unpaired) electrons. The molecule has 0 saturated carbocycles. The molecule has 4 heteroatoms. The maximum absolute atomic E-state index is 3.49. The Morgan fingerprint density at radius 2 is 1.95 bits per heavy atom. The first-order chi connectivity index (χ1) is 8.40. The molecule has 0 spiro atoms. The van der Waals surface area contributed by atoms with E-state index in [0.29, 0.717) is 0 Å². The fourth-order valence-corrected chi connectivity index (χ4v) is 4.68. The van der Waals surface area contributed by atoms with Crippen LogP contribution in [0.1, 0.15) is 13.3 Å². The van der Waals surface area contributed by atoms with Crippen molar-refractivity contribution in [1.82, 2.24) is 0 Å². The molecule has 3 rings (SSSR count). The van der Waals surface area contributed by atoms with Crippen molar-refractivity contribution >= 4 is 24.0 Å². The van der Waals surface area contributed by atoms with Gasteiger partial charge in [-0.3, -0.25) is 6.08 Å². The van der Waals surface area contributed by atoms with E-state index in [1.807, 2.05) is 0 Å². The number of halogens is 2.